The second-order valence-electron chi connectivity index (χ2n) is 7.81. The Hall–Kier alpha value is -0.810. The highest BCUT2D eigenvalue weighted by molar-refractivity contribution is 14.0. The van der Waals surface area contributed by atoms with Crippen LogP contribution in [0.3, 0.4) is 0 Å². The SMILES string of the molecule is CCNC(=NCCN(C)C(=O)OC(C)(C)C)N1CCC(COCCOC)C1.I. The molecule has 0 radical (unpaired) electrons. The van der Waals surface area contributed by atoms with E-state index < -0.39 is 5.60 Å². The fourth-order valence-electron chi connectivity index (χ4n) is 2.72. The molecule has 1 unspecified atom stereocenters. The predicted octanol–water partition coefficient (Wildman–Crippen LogP) is 2.42. The van der Waals surface area contributed by atoms with Crippen molar-refractivity contribution in [1.82, 2.24) is 15.1 Å². The largest absolute Gasteiger partial charge is 0.444 e. The van der Waals surface area contributed by atoms with Crippen LogP contribution in [0, 0.1) is 5.92 Å². The van der Waals surface area contributed by atoms with Gasteiger partial charge < -0.3 is 29.3 Å². The summed E-state index contributed by atoms with van der Waals surface area (Å²) in [6.07, 6.45) is 0.770. The van der Waals surface area contributed by atoms with E-state index in [9.17, 15) is 4.79 Å². The van der Waals surface area contributed by atoms with Crippen molar-refractivity contribution in [3.05, 3.63) is 0 Å². The van der Waals surface area contributed by atoms with E-state index in [2.05, 4.69) is 22.1 Å². The Labute approximate surface area is 187 Å². The second-order valence-corrected chi connectivity index (χ2v) is 7.81. The van der Waals surface area contributed by atoms with Crippen LogP contribution in [0.5, 0.6) is 0 Å². The summed E-state index contributed by atoms with van der Waals surface area (Å²) >= 11 is 0. The smallest absolute Gasteiger partial charge is 0.410 e. The maximum absolute atomic E-state index is 12.0. The summed E-state index contributed by atoms with van der Waals surface area (Å²) in [4.78, 5) is 20.5. The molecule has 1 heterocycles. The zero-order chi connectivity index (χ0) is 20.3. The first-order valence-electron chi connectivity index (χ1n) is 9.80. The third-order valence-electron chi connectivity index (χ3n) is 4.11. The number of guanidine groups is 1. The number of ether oxygens (including phenoxy) is 3. The summed E-state index contributed by atoms with van der Waals surface area (Å²) in [6, 6.07) is 0. The molecular weight excluding hydrogens is 475 g/mol. The standard InChI is InChI=1S/C19H38N4O4.HI/c1-7-20-17(21-9-11-22(5)18(24)27-19(2,3)4)23-10-8-16(14-23)15-26-13-12-25-6;/h16H,7-15H2,1-6H3,(H,20,21);1H. The molecule has 1 fully saturated rings. The first-order chi connectivity index (χ1) is 12.8. The predicted molar refractivity (Wildman–Crippen MR) is 123 cm³/mol. The Morgan fingerprint density at radius 2 is 2.04 bits per heavy atom. The van der Waals surface area contributed by atoms with E-state index in [1.807, 2.05) is 20.8 Å². The lowest BCUT2D eigenvalue weighted by Crippen LogP contribution is -2.41. The van der Waals surface area contributed by atoms with E-state index in [1.54, 1.807) is 19.1 Å². The van der Waals surface area contributed by atoms with Gasteiger partial charge in [0.15, 0.2) is 5.96 Å². The summed E-state index contributed by atoms with van der Waals surface area (Å²) in [5.74, 6) is 1.41. The highest BCUT2D eigenvalue weighted by Gasteiger charge is 2.25. The highest BCUT2D eigenvalue weighted by atomic mass is 127. The number of likely N-dealkylation sites (tertiary alicyclic amines) is 1. The number of likely N-dealkylation sites (N-methyl/N-ethyl adjacent to an activating group) is 1. The summed E-state index contributed by atoms with van der Waals surface area (Å²) in [5.41, 5.74) is -0.487. The minimum absolute atomic E-state index is 0. The van der Waals surface area contributed by atoms with Crippen LogP contribution in [0.25, 0.3) is 0 Å². The minimum Gasteiger partial charge on any atom is -0.444 e. The first kappa shape index (κ1) is 27.2. The van der Waals surface area contributed by atoms with Crippen molar-refractivity contribution < 1.29 is 19.0 Å². The first-order valence-corrected chi connectivity index (χ1v) is 9.80. The zero-order valence-electron chi connectivity index (χ0n) is 18.3. The number of hydrogen-bond donors (Lipinski definition) is 1. The summed E-state index contributed by atoms with van der Waals surface area (Å²) in [7, 11) is 3.42. The quantitative estimate of drug-likeness (QED) is 0.221. The summed E-state index contributed by atoms with van der Waals surface area (Å²) in [5, 5.41) is 3.34. The molecule has 0 aliphatic carbocycles. The lowest BCUT2D eigenvalue weighted by atomic mass is 10.1. The Kier molecular flexibility index (Phi) is 13.8. The minimum atomic E-state index is -0.487. The van der Waals surface area contributed by atoms with Gasteiger partial charge in [0.1, 0.15) is 5.60 Å². The normalized spacial score (nSPS) is 17.3. The lowest BCUT2D eigenvalue weighted by Gasteiger charge is -2.25. The average Bonchev–Trinajstić information content (AvgIpc) is 3.05. The average molecular weight is 514 g/mol. The van der Waals surface area contributed by atoms with E-state index in [4.69, 9.17) is 14.2 Å². The van der Waals surface area contributed by atoms with E-state index in [0.717, 1.165) is 38.6 Å². The molecule has 1 N–H and O–H groups in total. The summed E-state index contributed by atoms with van der Waals surface area (Å²) < 4.78 is 16.0. The van der Waals surface area contributed by atoms with Crippen molar-refractivity contribution in [2.75, 3.05) is 66.7 Å². The third kappa shape index (κ3) is 11.3. The Balaban J connectivity index is 0.00000729. The molecule has 0 bridgehead atoms. The monoisotopic (exact) mass is 514 g/mol. The molecule has 0 spiro atoms. The van der Waals surface area contributed by atoms with Crippen molar-refractivity contribution in [3.63, 3.8) is 0 Å². The van der Waals surface area contributed by atoms with Gasteiger partial charge in [-0.25, -0.2) is 4.79 Å². The third-order valence-corrected chi connectivity index (χ3v) is 4.11. The lowest BCUT2D eigenvalue weighted by molar-refractivity contribution is 0.0304. The van der Waals surface area contributed by atoms with Crippen LogP contribution in [0.4, 0.5) is 4.79 Å². The van der Waals surface area contributed by atoms with Gasteiger partial charge in [0, 0.05) is 46.3 Å². The van der Waals surface area contributed by atoms with Gasteiger partial charge in [-0.1, -0.05) is 0 Å². The number of aliphatic imine (C=N–C) groups is 1. The molecular formula is C19H39IN4O4. The molecule has 0 aromatic heterocycles. The van der Waals surface area contributed by atoms with Crippen molar-refractivity contribution >= 4 is 36.0 Å². The number of nitrogens with zero attached hydrogens (tertiary/aromatic N) is 3. The van der Waals surface area contributed by atoms with Crippen LogP contribution in [-0.2, 0) is 14.2 Å². The summed E-state index contributed by atoms with van der Waals surface area (Å²) in [6.45, 7) is 13.4. The maximum Gasteiger partial charge on any atom is 0.410 e. The molecule has 0 saturated carbocycles. The van der Waals surface area contributed by atoms with Crippen LogP contribution >= 0.6 is 24.0 Å². The highest BCUT2D eigenvalue weighted by Crippen LogP contribution is 2.16. The second kappa shape index (κ2) is 14.2. The zero-order valence-corrected chi connectivity index (χ0v) is 20.7. The molecule has 8 nitrogen and oxygen atoms in total. The van der Waals surface area contributed by atoms with Crippen molar-refractivity contribution in [2.45, 2.75) is 39.7 Å². The van der Waals surface area contributed by atoms with Crippen LogP contribution in [0.1, 0.15) is 34.1 Å². The van der Waals surface area contributed by atoms with Crippen molar-refractivity contribution in [3.8, 4) is 0 Å². The van der Waals surface area contributed by atoms with Crippen LogP contribution < -0.4 is 5.32 Å². The molecule has 1 amide bonds. The van der Waals surface area contributed by atoms with Gasteiger partial charge in [0.25, 0.3) is 0 Å². The molecule has 1 saturated heterocycles. The number of halogens is 1. The number of rotatable bonds is 9. The van der Waals surface area contributed by atoms with E-state index >= 15 is 0 Å². The van der Waals surface area contributed by atoms with Gasteiger partial charge in [0.05, 0.1) is 26.4 Å². The molecule has 1 aliphatic rings. The number of methoxy groups -OCH3 is 1. The Bertz CT molecular complexity index is 471. The molecule has 0 aromatic rings. The van der Waals surface area contributed by atoms with E-state index in [0.29, 0.717) is 32.2 Å². The topological polar surface area (TPSA) is 75.6 Å². The molecule has 0 aromatic carbocycles. The van der Waals surface area contributed by atoms with Gasteiger partial charge in [-0.3, -0.25) is 4.99 Å². The van der Waals surface area contributed by atoms with Gasteiger partial charge in [-0.2, -0.15) is 0 Å². The molecule has 9 heteroatoms. The fourth-order valence-corrected chi connectivity index (χ4v) is 2.72. The Morgan fingerprint density at radius 3 is 2.64 bits per heavy atom. The van der Waals surface area contributed by atoms with Crippen molar-refractivity contribution in [1.29, 1.82) is 0 Å². The van der Waals surface area contributed by atoms with Crippen molar-refractivity contribution in [2.24, 2.45) is 10.9 Å². The number of amides is 1. The maximum atomic E-state index is 12.0. The molecule has 1 aliphatic heterocycles. The van der Waals surface area contributed by atoms with Gasteiger partial charge in [-0.05, 0) is 34.1 Å². The van der Waals surface area contributed by atoms with Crippen LogP contribution in [-0.4, -0.2) is 94.2 Å². The number of nitrogens with one attached hydrogen (secondary N) is 1. The van der Waals surface area contributed by atoms with E-state index in [1.165, 1.54) is 0 Å². The van der Waals surface area contributed by atoms with Crippen LogP contribution in [0.2, 0.25) is 0 Å². The molecule has 166 valence electrons. The number of hydrogen-bond acceptors (Lipinski definition) is 5. The number of carbonyl (C=O) groups excluding carboxylic acids is 1. The van der Waals surface area contributed by atoms with Crippen LogP contribution in [0.15, 0.2) is 4.99 Å². The molecule has 1 rings (SSSR count). The van der Waals surface area contributed by atoms with E-state index in [-0.39, 0.29) is 30.1 Å². The fraction of sp³-hybridized carbons (Fsp3) is 0.895. The van der Waals surface area contributed by atoms with Gasteiger partial charge >= 0.3 is 6.09 Å². The molecule has 1 atom stereocenters. The Morgan fingerprint density at radius 1 is 1.32 bits per heavy atom. The van der Waals surface area contributed by atoms with Gasteiger partial charge in [-0.15, -0.1) is 24.0 Å². The molecule has 28 heavy (non-hydrogen) atoms. The number of carbonyl (C=O) groups is 1. The van der Waals surface area contributed by atoms with Gasteiger partial charge in [0.2, 0.25) is 0 Å².